The van der Waals surface area contributed by atoms with Crippen molar-refractivity contribution in [2.24, 2.45) is 22.7 Å². The van der Waals surface area contributed by atoms with Crippen molar-refractivity contribution in [3.8, 4) is 11.6 Å². The fraction of sp³-hybridized carbons (Fsp3) is 0.379. The summed E-state index contributed by atoms with van der Waals surface area (Å²) in [5.74, 6) is 1.68. The summed E-state index contributed by atoms with van der Waals surface area (Å²) >= 11 is 3.42. The fourth-order valence-electron chi connectivity index (χ4n) is 7.08. The van der Waals surface area contributed by atoms with Gasteiger partial charge in [0.2, 0.25) is 5.88 Å². The second-order valence-corrected chi connectivity index (χ2v) is 12.1. The Balaban J connectivity index is 1.21. The number of aromatic hydroxyl groups is 1. The van der Waals surface area contributed by atoms with E-state index in [-0.39, 0.29) is 17.0 Å². The third-order valence-electron chi connectivity index (χ3n) is 8.41. The van der Waals surface area contributed by atoms with Crippen LogP contribution in [0.5, 0.6) is 5.88 Å². The molecule has 3 N–H and O–H groups in total. The van der Waals surface area contributed by atoms with Crippen LogP contribution in [0.4, 0.5) is 5.69 Å². The topological polar surface area (TPSA) is 117 Å². The highest BCUT2D eigenvalue weighted by molar-refractivity contribution is 9.10. The number of hydrogen-bond donors (Lipinski definition) is 3. The maximum atomic E-state index is 13.1. The molecule has 196 valence electrons. The summed E-state index contributed by atoms with van der Waals surface area (Å²) in [6, 6.07) is 12.0. The molecule has 38 heavy (non-hydrogen) atoms. The summed E-state index contributed by atoms with van der Waals surface area (Å²) in [7, 11) is 0. The van der Waals surface area contributed by atoms with Gasteiger partial charge >= 0.3 is 5.69 Å². The van der Waals surface area contributed by atoms with Crippen molar-refractivity contribution >= 4 is 33.7 Å². The molecule has 0 unspecified atom stereocenters. The number of nitrogens with one attached hydrogen (secondary N) is 2. The summed E-state index contributed by atoms with van der Waals surface area (Å²) in [5, 5.41) is 14.2. The standard InChI is InChI=1S/C29H29BrN4O4/c1-16-8-22(6-7-24(16)30)34-27(37)23(26(36)32-28(34)38)15-31-21-4-2-20(3-5-21)25(35)33-29-12-17-9-18(13-29)11-19(10-17)14-29/h2-8,15,17-19,37H,9-14H2,1H3,(H,33,35)(H,32,36,38). The molecule has 1 amide bonds. The van der Waals surface area contributed by atoms with Crippen LogP contribution in [0.3, 0.4) is 0 Å². The molecule has 4 fully saturated rings. The van der Waals surface area contributed by atoms with E-state index >= 15 is 0 Å². The van der Waals surface area contributed by atoms with E-state index in [9.17, 15) is 19.5 Å². The Bertz CT molecular complexity index is 1540. The normalized spacial score (nSPS) is 25.7. The van der Waals surface area contributed by atoms with Crippen LogP contribution in [0.2, 0.25) is 0 Å². The van der Waals surface area contributed by atoms with Gasteiger partial charge in [0.1, 0.15) is 5.56 Å². The highest BCUT2D eigenvalue weighted by Crippen LogP contribution is 2.55. The quantitative estimate of drug-likeness (QED) is 0.380. The zero-order chi connectivity index (χ0) is 26.6. The van der Waals surface area contributed by atoms with E-state index in [1.807, 2.05) is 6.92 Å². The molecular formula is C29H29BrN4O4. The van der Waals surface area contributed by atoms with Crippen LogP contribution >= 0.6 is 15.9 Å². The van der Waals surface area contributed by atoms with Gasteiger partial charge in [0.25, 0.3) is 11.5 Å². The molecule has 3 aromatic rings. The molecule has 0 radical (unpaired) electrons. The molecule has 7 rings (SSSR count). The lowest BCUT2D eigenvalue weighted by atomic mass is 9.53. The van der Waals surface area contributed by atoms with Gasteiger partial charge < -0.3 is 10.4 Å². The van der Waals surface area contributed by atoms with Crippen molar-refractivity contribution in [1.29, 1.82) is 0 Å². The lowest BCUT2D eigenvalue weighted by molar-refractivity contribution is -0.0167. The molecular weight excluding hydrogens is 548 g/mol. The number of hydrogen-bond acceptors (Lipinski definition) is 5. The second kappa shape index (κ2) is 9.38. The largest absolute Gasteiger partial charge is 0.493 e. The number of rotatable bonds is 5. The van der Waals surface area contributed by atoms with Gasteiger partial charge in [-0.05, 0) is 111 Å². The van der Waals surface area contributed by atoms with Gasteiger partial charge in [-0.2, -0.15) is 0 Å². The van der Waals surface area contributed by atoms with Crippen molar-refractivity contribution in [1.82, 2.24) is 14.9 Å². The molecule has 0 spiro atoms. The van der Waals surface area contributed by atoms with Crippen LogP contribution in [0.25, 0.3) is 5.69 Å². The monoisotopic (exact) mass is 576 g/mol. The van der Waals surface area contributed by atoms with Crippen molar-refractivity contribution in [2.75, 3.05) is 0 Å². The van der Waals surface area contributed by atoms with Gasteiger partial charge in [0.15, 0.2) is 0 Å². The predicted molar refractivity (Wildman–Crippen MR) is 149 cm³/mol. The Morgan fingerprint density at radius 1 is 1.08 bits per heavy atom. The third-order valence-corrected chi connectivity index (χ3v) is 9.30. The number of halogens is 1. The summed E-state index contributed by atoms with van der Waals surface area (Å²) in [4.78, 5) is 44.6. The first-order valence-corrected chi connectivity index (χ1v) is 13.8. The van der Waals surface area contributed by atoms with Crippen LogP contribution in [-0.2, 0) is 0 Å². The average Bonchev–Trinajstić information content (AvgIpc) is 2.85. The summed E-state index contributed by atoms with van der Waals surface area (Å²) in [6.45, 7) is 1.86. The SMILES string of the molecule is Cc1cc(-n2c(O)c(C=Nc3ccc(C(=O)NC45CC6CC(CC(C6)C4)C5)cc3)c(=O)[nH]c2=O)ccc1Br. The number of aryl methyl sites for hydroxylation is 1. The summed E-state index contributed by atoms with van der Waals surface area (Å²) in [6.07, 6.45) is 8.45. The minimum atomic E-state index is -0.749. The Morgan fingerprint density at radius 2 is 1.71 bits per heavy atom. The van der Waals surface area contributed by atoms with E-state index in [0.717, 1.165) is 51.6 Å². The van der Waals surface area contributed by atoms with Gasteiger partial charge in [0, 0.05) is 21.8 Å². The molecule has 8 nitrogen and oxygen atoms in total. The van der Waals surface area contributed by atoms with E-state index < -0.39 is 17.1 Å². The first-order chi connectivity index (χ1) is 18.2. The molecule has 1 aromatic heterocycles. The smallest absolute Gasteiger partial charge is 0.335 e. The number of aliphatic imine (C=N–C) groups is 1. The van der Waals surface area contributed by atoms with Crippen LogP contribution in [0.15, 0.2) is 61.5 Å². The second-order valence-electron chi connectivity index (χ2n) is 11.2. The van der Waals surface area contributed by atoms with Crippen molar-refractivity contribution < 1.29 is 9.90 Å². The Labute approximate surface area is 228 Å². The number of aromatic nitrogens is 2. The van der Waals surface area contributed by atoms with E-state index in [0.29, 0.717) is 16.9 Å². The van der Waals surface area contributed by atoms with Gasteiger partial charge in [-0.15, -0.1) is 0 Å². The minimum Gasteiger partial charge on any atom is -0.493 e. The molecule has 9 heteroatoms. The van der Waals surface area contributed by atoms with Gasteiger partial charge in [-0.1, -0.05) is 15.9 Å². The molecule has 1 heterocycles. The highest BCUT2D eigenvalue weighted by Gasteiger charge is 2.51. The molecule has 4 saturated carbocycles. The van der Waals surface area contributed by atoms with Crippen molar-refractivity contribution in [3.63, 3.8) is 0 Å². The minimum absolute atomic E-state index is 0.0579. The first-order valence-electron chi connectivity index (χ1n) is 13.0. The summed E-state index contributed by atoms with van der Waals surface area (Å²) in [5.41, 5.74) is 0.656. The number of amides is 1. The van der Waals surface area contributed by atoms with E-state index in [1.165, 1.54) is 25.5 Å². The Hall–Kier alpha value is -3.46. The zero-order valence-corrected chi connectivity index (χ0v) is 22.6. The first kappa shape index (κ1) is 24.9. The fourth-order valence-corrected chi connectivity index (χ4v) is 7.32. The highest BCUT2D eigenvalue weighted by atomic mass is 79.9. The Morgan fingerprint density at radius 3 is 2.32 bits per heavy atom. The molecule has 0 saturated heterocycles. The van der Waals surface area contributed by atoms with Crippen molar-refractivity contribution in [2.45, 2.75) is 51.0 Å². The van der Waals surface area contributed by atoms with E-state index in [1.54, 1.807) is 42.5 Å². The maximum Gasteiger partial charge on any atom is 0.335 e. The average molecular weight is 577 g/mol. The van der Waals surface area contributed by atoms with Crippen LogP contribution in [-0.4, -0.2) is 32.3 Å². The van der Waals surface area contributed by atoms with Crippen LogP contribution in [0, 0.1) is 24.7 Å². The van der Waals surface area contributed by atoms with Crippen molar-refractivity contribution in [3.05, 3.63) is 84.5 Å². The third kappa shape index (κ3) is 4.53. The van der Waals surface area contributed by atoms with Crippen LogP contribution < -0.4 is 16.6 Å². The summed E-state index contributed by atoms with van der Waals surface area (Å²) < 4.78 is 1.88. The lowest BCUT2D eigenvalue weighted by Gasteiger charge is -2.56. The number of nitrogens with zero attached hydrogens (tertiary/aromatic N) is 2. The molecule has 2 aromatic carbocycles. The van der Waals surface area contributed by atoms with Gasteiger partial charge in [-0.25, -0.2) is 9.36 Å². The zero-order valence-electron chi connectivity index (χ0n) is 21.0. The number of carbonyl (C=O) groups is 1. The predicted octanol–water partition coefficient (Wildman–Crippen LogP) is 4.75. The molecule has 4 aliphatic carbocycles. The van der Waals surface area contributed by atoms with Gasteiger partial charge in [-0.3, -0.25) is 19.6 Å². The van der Waals surface area contributed by atoms with E-state index in [2.05, 4.69) is 31.2 Å². The van der Waals surface area contributed by atoms with Gasteiger partial charge in [0.05, 0.1) is 11.4 Å². The molecule has 0 atom stereocenters. The molecule has 0 aliphatic heterocycles. The van der Waals surface area contributed by atoms with E-state index in [4.69, 9.17) is 0 Å². The molecule has 4 bridgehead atoms. The maximum absolute atomic E-state index is 13.1. The molecule has 4 aliphatic rings. The van der Waals surface area contributed by atoms with Crippen LogP contribution in [0.1, 0.15) is 60.0 Å². The number of aromatic amines is 1. The number of carbonyl (C=O) groups excluding carboxylic acids is 1. The number of H-pyrrole nitrogens is 1. The number of benzene rings is 2. The Kier molecular flexibility index (Phi) is 6.13. The lowest BCUT2D eigenvalue weighted by Crippen LogP contribution is -2.59.